The number of carboxylic acids is 1. The Balaban J connectivity index is 0.000000359. The Morgan fingerprint density at radius 3 is 1.37 bits per heavy atom. The number of amides is 5. The molecule has 0 heterocycles. The molecule has 0 bridgehead atoms. The SMILES string of the molecule is CC(C)(C)NC(=O)N[C@H](C(=O)O)C(C)(C)C.COC(=O)CN(CC1(c2ccccc2)CC1)C(=O)[C@@H](NC(=O)NC(C)(C)C)C(C)(C)C.COC(=O)CNCC1(c2ccccc2)CC1. The van der Waals surface area contributed by atoms with Gasteiger partial charge in [-0.3, -0.25) is 14.4 Å². The van der Waals surface area contributed by atoms with Gasteiger partial charge in [-0.2, -0.15) is 0 Å². The molecule has 2 aromatic carbocycles. The molecule has 15 nitrogen and oxygen atoms in total. The summed E-state index contributed by atoms with van der Waals surface area (Å²) in [5.74, 6) is -2.01. The second-order valence-corrected chi connectivity index (χ2v) is 20.9. The van der Waals surface area contributed by atoms with E-state index in [0.717, 1.165) is 24.9 Å². The standard InChI is InChI=1S/C24H37N3O4.C13H17NO2.C11H22N2O3/c1-22(2,3)19(25-21(30)26-23(4,5)6)20(29)27(15-18(28)31-7)16-24(13-14-24)17-11-9-8-10-12-17;1-16-12(15)9-14-10-13(7-8-13)11-5-3-2-4-6-11;1-10(2,3)7(8(14)15)12-9(16)13-11(4,5)6/h8-12,19H,13-16H2,1-7H3,(H2,25,26,30);2-6,14H,7-10H2,1H3;7H,1-6H3,(H,14,15)(H2,12,13,16)/t19-;;7-/m1.1/s1. The predicted octanol–water partition coefficient (Wildman–Crippen LogP) is 6.30. The molecule has 352 valence electrons. The van der Waals surface area contributed by atoms with E-state index in [1.807, 2.05) is 86.6 Å². The zero-order chi connectivity index (χ0) is 48.0. The predicted molar refractivity (Wildman–Crippen MR) is 245 cm³/mol. The van der Waals surface area contributed by atoms with Gasteiger partial charge in [-0.1, -0.05) is 102 Å². The molecule has 0 unspecified atom stereocenters. The topological polar surface area (TPSA) is 204 Å². The van der Waals surface area contributed by atoms with E-state index in [1.165, 1.54) is 32.6 Å². The highest BCUT2D eigenvalue weighted by atomic mass is 16.5. The number of urea groups is 2. The van der Waals surface area contributed by atoms with Crippen LogP contribution in [0, 0.1) is 10.8 Å². The van der Waals surface area contributed by atoms with Gasteiger partial charge in [0.1, 0.15) is 18.6 Å². The first kappa shape index (κ1) is 54.0. The molecule has 0 aromatic heterocycles. The fraction of sp³-hybridized carbons (Fsp3) is 0.625. The number of methoxy groups -OCH3 is 2. The van der Waals surface area contributed by atoms with Gasteiger partial charge in [-0.25, -0.2) is 14.4 Å². The van der Waals surface area contributed by atoms with Gasteiger partial charge < -0.3 is 46.1 Å². The number of hydrogen-bond acceptors (Lipinski definition) is 9. The van der Waals surface area contributed by atoms with Crippen LogP contribution >= 0.6 is 0 Å². The van der Waals surface area contributed by atoms with Crippen molar-refractivity contribution in [2.75, 3.05) is 40.4 Å². The summed E-state index contributed by atoms with van der Waals surface area (Å²) in [4.78, 5) is 73.4. The zero-order valence-corrected chi connectivity index (χ0v) is 40.2. The number of nitrogens with one attached hydrogen (secondary N) is 5. The maximum absolute atomic E-state index is 13.7. The quantitative estimate of drug-likeness (QED) is 0.117. The highest BCUT2D eigenvalue weighted by Crippen LogP contribution is 2.49. The fourth-order valence-electron chi connectivity index (χ4n) is 6.76. The Kier molecular flexibility index (Phi) is 19.2. The number of aliphatic carboxylic acids is 1. The number of carbonyl (C=O) groups excluding carboxylic acids is 5. The number of carboxylic acid groups (broad SMARTS) is 1. The number of benzene rings is 2. The van der Waals surface area contributed by atoms with Crippen LogP contribution in [0.25, 0.3) is 0 Å². The minimum atomic E-state index is -1.03. The van der Waals surface area contributed by atoms with Crippen molar-refractivity contribution in [1.29, 1.82) is 0 Å². The molecule has 63 heavy (non-hydrogen) atoms. The molecule has 0 spiro atoms. The van der Waals surface area contributed by atoms with Gasteiger partial charge in [0, 0.05) is 35.0 Å². The summed E-state index contributed by atoms with van der Waals surface area (Å²) in [6, 6.07) is 17.9. The van der Waals surface area contributed by atoms with Crippen LogP contribution in [0.5, 0.6) is 0 Å². The Morgan fingerprint density at radius 2 is 1.02 bits per heavy atom. The highest BCUT2D eigenvalue weighted by molar-refractivity contribution is 5.90. The molecule has 5 amide bonds. The van der Waals surface area contributed by atoms with Crippen LogP contribution in [-0.4, -0.2) is 109 Å². The molecule has 2 aliphatic rings. The van der Waals surface area contributed by atoms with Crippen molar-refractivity contribution in [3.05, 3.63) is 71.8 Å². The van der Waals surface area contributed by atoms with E-state index < -0.39 is 52.5 Å². The number of nitrogens with zero attached hydrogens (tertiary/aromatic N) is 1. The fourth-order valence-corrected chi connectivity index (χ4v) is 6.76. The average Bonchev–Trinajstić information content (AvgIpc) is 4.12. The van der Waals surface area contributed by atoms with Crippen molar-refractivity contribution < 1.29 is 43.3 Å². The third-order valence-corrected chi connectivity index (χ3v) is 10.5. The Labute approximate surface area is 375 Å². The molecule has 2 saturated carbocycles. The zero-order valence-electron chi connectivity index (χ0n) is 40.2. The molecule has 0 saturated heterocycles. The lowest BCUT2D eigenvalue weighted by atomic mass is 9.85. The van der Waals surface area contributed by atoms with Gasteiger partial charge in [-0.15, -0.1) is 0 Å². The third-order valence-electron chi connectivity index (χ3n) is 10.5. The number of rotatable bonds is 14. The van der Waals surface area contributed by atoms with Crippen LogP contribution in [0.4, 0.5) is 9.59 Å². The summed E-state index contributed by atoms with van der Waals surface area (Å²) >= 11 is 0. The van der Waals surface area contributed by atoms with Gasteiger partial charge in [0.25, 0.3) is 0 Å². The van der Waals surface area contributed by atoms with E-state index in [-0.39, 0.29) is 34.8 Å². The van der Waals surface area contributed by atoms with E-state index in [1.54, 1.807) is 25.7 Å². The first-order valence-electron chi connectivity index (χ1n) is 21.6. The van der Waals surface area contributed by atoms with Crippen LogP contribution in [0.1, 0.15) is 120 Å². The number of hydrogen-bond donors (Lipinski definition) is 6. The van der Waals surface area contributed by atoms with E-state index in [4.69, 9.17) is 9.84 Å². The van der Waals surface area contributed by atoms with E-state index in [0.29, 0.717) is 13.1 Å². The van der Waals surface area contributed by atoms with Crippen molar-refractivity contribution in [1.82, 2.24) is 31.5 Å². The molecule has 0 aliphatic heterocycles. The first-order chi connectivity index (χ1) is 29.0. The minimum Gasteiger partial charge on any atom is -0.480 e. The molecule has 2 atom stereocenters. The first-order valence-corrected chi connectivity index (χ1v) is 21.6. The lowest BCUT2D eigenvalue weighted by Crippen LogP contribution is -2.59. The molecular formula is C48H76N6O9. The minimum absolute atomic E-state index is 0.154. The van der Waals surface area contributed by atoms with Gasteiger partial charge in [-0.05, 0) is 89.2 Å². The van der Waals surface area contributed by atoms with Gasteiger partial charge in [0.05, 0.1) is 20.8 Å². The van der Waals surface area contributed by atoms with E-state index in [2.05, 4.69) is 67.7 Å². The summed E-state index contributed by atoms with van der Waals surface area (Å²) in [6.07, 6.45) is 4.29. The maximum Gasteiger partial charge on any atom is 0.326 e. The lowest BCUT2D eigenvalue weighted by molar-refractivity contribution is -0.149. The summed E-state index contributed by atoms with van der Waals surface area (Å²) in [7, 11) is 2.72. The van der Waals surface area contributed by atoms with Crippen molar-refractivity contribution in [3.63, 3.8) is 0 Å². The summed E-state index contributed by atoms with van der Waals surface area (Å²) in [5, 5.41) is 23.0. The molecule has 15 heteroatoms. The van der Waals surface area contributed by atoms with Crippen molar-refractivity contribution >= 4 is 35.9 Å². The smallest absolute Gasteiger partial charge is 0.326 e. The van der Waals surface area contributed by atoms with Crippen LogP contribution in [0.2, 0.25) is 0 Å². The Morgan fingerprint density at radius 1 is 0.619 bits per heavy atom. The summed E-state index contributed by atoms with van der Waals surface area (Å²) < 4.78 is 9.44. The molecule has 4 rings (SSSR count). The number of ether oxygens (including phenoxy) is 2. The second kappa shape index (κ2) is 22.4. The third kappa shape index (κ3) is 19.0. The van der Waals surface area contributed by atoms with Crippen LogP contribution in [0.15, 0.2) is 60.7 Å². The summed E-state index contributed by atoms with van der Waals surface area (Å²) in [5.41, 5.74) is 0.718. The molecular weight excluding hydrogens is 805 g/mol. The van der Waals surface area contributed by atoms with Crippen molar-refractivity contribution in [3.8, 4) is 0 Å². The van der Waals surface area contributed by atoms with Crippen molar-refractivity contribution in [2.45, 2.75) is 143 Å². The summed E-state index contributed by atoms with van der Waals surface area (Å²) in [6.45, 7) is 23.5. The monoisotopic (exact) mass is 881 g/mol. The maximum atomic E-state index is 13.7. The normalized spacial score (nSPS) is 15.8. The van der Waals surface area contributed by atoms with Gasteiger partial charge in [0.15, 0.2) is 0 Å². The Bertz CT molecular complexity index is 1820. The molecule has 2 aliphatic carbocycles. The number of carbonyl (C=O) groups is 6. The largest absolute Gasteiger partial charge is 0.480 e. The number of esters is 2. The highest BCUT2D eigenvalue weighted by Gasteiger charge is 2.48. The van der Waals surface area contributed by atoms with Crippen molar-refractivity contribution in [2.24, 2.45) is 10.8 Å². The van der Waals surface area contributed by atoms with Crippen LogP contribution in [0.3, 0.4) is 0 Å². The van der Waals surface area contributed by atoms with Gasteiger partial charge >= 0.3 is 30.0 Å². The average molecular weight is 881 g/mol. The molecule has 2 fully saturated rings. The van der Waals surface area contributed by atoms with E-state index in [9.17, 15) is 28.8 Å². The lowest BCUT2D eigenvalue weighted by Gasteiger charge is -2.36. The van der Waals surface area contributed by atoms with Crippen LogP contribution < -0.4 is 26.6 Å². The molecule has 0 radical (unpaired) electrons. The Hall–Kier alpha value is -5.18. The van der Waals surface area contributed by atoms with E-state index >= 15 is 0 Å². The van der Waals surface area contributed by atoms with Gasteiger partial charge in [0.2, 0.25) is 5.91 Å². The molecule has 6 N–H and O–H groups in total. The molecule has 2 aromatic rings. The second-order valence-electron chi connectivity index (χ2n) is 20.9. The van der Waals surface area contributed by atoms with Crippen LogP contribution in [-0.2, 0) is 39.5 Å².